The highest BCUT2D eigenvalue weighted by Gasteiger charge is 2.22. The van der Waals surface area contributed by atoms with Gasteiger partial charge in [0.2, 0.25) is 5.56 Å². The fourth-order valence-corrected chi connectivity index (χ4v) is 3.31. The van der Waals surface area contributed by atoms with Crippen molar-refractivity contribution in [2.45, 2.75) is 38.6 Å². The lowest BCUT2D eigenvalue weighted by Gasteiger charge is -2.16. The number of hydrogen-bond acceptors (Lipinski definition) is 3. The number of benzene rings is 2. The quantitative estimate of drug-likeness (QED) is 0.548. The van der Waals surface area contributed by atoms with Gasteiger partial charge in [-0.25, -0.2) is 4.79 Å². The second-order valence-electron chi connectivity index (χ2n) is 7.07. The number of carbonyl (C=O) groups excluding carboxylic acids is 1. The topological polar surface area (TPSA) is 99.3 Å². The number of aromatic nitrogens is 1. The van der Waals surface area contributed by atoms with Gasteiger partial charge in [-0.3, -0.25) is 9.59 Å². The predicted molar refractivity (Wildman–Crippen MR) is 112 cm³/mol. The number of amides is 1. The lowest BCUT2D eigenvalue weighted by molar-refractivity contribution is -0.139. The van der Waals surface area contributed by atoms with Crippen molar-refractivity contribution >= 4 is 22.8 Å². The number of H-pyrrole nitrogens is 1. The van der Waals surface area contributed by atoms with Crippen molar-refractivity contribution in [3.05, 3.63) is 81.6 Å². The van der Waals surface area contributed by atoms with Crippen molar-refractivity contribution in [1.29, 1.82) is 0 Å². The summed E-state index contributed by atoms with van der Waals surface area (Å²) in [5, 5.41) is 12.9. The summed E-state index contributed by atoms with van der Waals surface area (Å²) >= 11 is 0. The van der Waals surface area contributed by atoms with Crippen LogP contribution in [-0.4, -0.2) is 28.0 Å². The molecule has 0 spiro atoms. The van der Waals surface area contributed by atoms with E-state index in [-0.39, 0.29) is 12.0 Å². The van der Waals surface area contributed by atoms with Crippen LogP contribution >= 0.6 is 0 Å². The highest BCUT2D eigenvalue weighted by atomic mass is 16.4. The van der Waals surface area contributed by atoms with Crippen LogP contribution in [0.1, 0.15) is 41.3 Å². The lowest BCUT2D eigenvalue weighted by atomic mass is 10.0. The van der Waals surface area contributed by atoms with E-state index >= 15 is 0 Å². The molecule has 0 fully saturated rings. The van der Waals surface area contributed by atoms with Crippen molar-refractivity contribution in [1.82, 2.24) is 10.3 Å². The smallest absolute Gasteiger partial charge is 0.326 e. The third kappa shape index (κ3) is 5.10. The number of pyridine rings is 1. The third-order valence-corrected chi connectivity index (χ3v) is 4.90. The van der Waals surface area contributed by atoms with Gasteiger partial charge >= 0.3 is 5.97 Å². The van der Waals surface area contributed by atoms with Gasteiger partial charge in [-0.05, 0) is 42.2 Å². The van der Waals surface area contributed by atoms with Crippen LogP contribution in [0.25, 0.3) is 10.9 Å². The molecule has 150 valence electrons. The normalized spacial score (nSPS) is 11.9. The number of nitrogens with one attached hydrogen (secondary N) is 2. The monoisotopic (exact) mass is 392 g/mol. The molecule has 1 atom stereocenters. The maximum absolute atomic E-state index is 12.6. The summed E-state index contributed by atoms with van der Waals surface area (Å²) < 4.78 is 0. The van der Waals surface area contributed by atoms with E-state index in [0.717, 1.165) is 30.2 Å². The van der Waals surface area contributed by atoms with E-state index in [4.69, 9.17) is 0 Å². The molecule has 0 saturated carbocycles. The van der Waals surface area contributed by atoms with Crippen LogP contribution in [0.5, 0.6) is 0 Å². The largest absolute Gasteiger partial charge is 0.480 e. The first-order valence-electron chi connectivity index (χ1n) is 9.71. The van der Waals surface area contributed by atoms with E-state index in [9.17, 15) is 19.5 Å². The summed E-state index contributed by atoms with van der Waals surface area (Å²) in [6.07, 6.45) is 3.14. The number of carboxylic acid groups (broad SMARTS) is 1. The van der Waals surface area contributed by atoms with Crippen molar-refractivity contribution in [3.8, 4) is 0 Å². The van der Waals surface area contributed by atoms with E-state index in [1.807, 2.05) is 24.3 Å². The molecule has 0 bridgehead atoms. The number of fused-ring (bicyclic) bond motifs is 1. The van der Waals surface area contributed by atoms with E-state index in [2.05, 4.69) is 17.2 Å². The maximum Gasteiger partial charge on any atom is 0.326 e. The summed E-state index contributed by atoms with van der Waals surface area (Å²) in [5.74, 6) is -1.60. The fourth-order valence-electron chi connectivity index (χ4n) is 3.31. The number of hydrogen-bond donors (Lipinski definition) is 3. The molecule has 1 amide bonds. The Hall–Kier alpha value is -3.41. The Bertz CT molecular complexity index is 1070. The maximum atomic E-state index is 12.6. The van der Waals surface area contributed by atoms with E-state index < -0.39 is 17.9 Å². The summed E-state index contributed by atoms with van der Waals surface area (Å²) in [4.78, 5) is 39.0. The van der Waals surface area contributed by atoms with Crippen LogP contribution < -0.4 is 10.9 Å². The van der Waals surface area contributed by atoms with Gasteiger partial charge in [-0.2, -0.15) is 0 Å². The molecule has 1 unspecified atom stereocenters. The Balaban J connectivity index is 1.78. The second-order valence-corrected chi connectivity index (χ2v) is 7.07. The SMILES string of the molecule is CCCCc1ccc(C(=O)NC(Cc2cc(=O)[nH]c3ccccc23)C(=O)O)cc1. The van der Waals surface area contributed by atoms with Crippen LogP contribution in [0.3, 0.4) is 0 Å². The molecule has 3 rings (SSSR count). The first-order valence-corrected chi connectivity index (χ1v) is 9.71. The third-order valence-electron chi connectivity index (χ3n) is 4.90. The molecular weight excluding hydrogens is 368 g/mol. The highest BCUT2D eigenvalue weighted by molar-refractivity contribution is 5.96. The van der Waals surface area contributed by atoms with Crippen LogP contribution in [0.2, 0.25) is 0 Å². The van der Waals surface area contributed by atoms with Gasteiger partial charge in [0, 0.05) is 29.0 Å². The van der Waals surface area contributed by atoms with Gasteiger partial charge < -0.3 is 15.4 Å². The molecule has 1 aromatic heterocycles. The Morgan fingerprint density at radius 3 is 2.52 bits per heavy atom. The zero-order valence-corrected chi connectivity index (χ0v) is 16.3. The Morgan fingerprint density at radius 2 is 1.83 bits per heavy atom. The minimum Gasteiger partial charge on any atom is -0.480 e. The number of aryl methyl sites for hydroxylation is 1. The van der Waals surface area contributed by atoms with Crippen LogP contribution in [0.4, 0.5) is 0 Å². The number of unbranched alkanes of at least 4 members (excludes halogenated alkanes) is 1. The van der Waals surface area contributed by atoms with Crippen LogP contribution in [0, 0.1) is 0 Å². The van der Waals surface area contributed by atoms with Gasteiger partial charge in [0.15, 0.2) is 0 Å². The van der Waals surface area contributed by atoms with Crippen molar-refractivity contribution in [3.63, 3.8) is 0 Å². The number of rotatable bonds is 8. The molecular formula is C23H24N2O4. The van der Waals surface area contributed by atoms with E-state index in [1.54, 1.807) is 24.3 Å². The molecule has 0 aliphatic rings. The Labute approximate surface area is 168 Å². The lowest BCUT2D eigenvalue weighted by Crippen LogP contribution is -2.42. The molecule has 0 aliphatic carbocycles. The Kier molecular flexibility index (Phi) is 6.44. The van der Waals surface area contributed by atoms with Crippen molar-refractivity contribution < 1.29 is 14.7 Å². The minimum atomic E-state index is -1.15. The zero-order valence-electron chi connectivity index (χ0n) is 16.3. The second kappa shape index (κ2) is 9.19. The highest BCUT2D eigenvalue weighted by Crippen LogP contribution is 2.17. The number of aliphatic carboxylic acids is 1. The molecule has 0 radical (unpaired) electrons. The molecule has 6 heteroatoms. The molecule has 0 saturated heterocycles. The molecule has 3 aromatic rings. The predicted octanol–water partition coefficient (Wildman–Crippen LogP) is 3.30. The fraction of sp³-hybridized carbons (Fsp3) is 0.261. The van der Waals surface area contributed by atoms with Gasteiger partial charge in [-0.15, -0.1) is 0 Å². The average Bonchev–Trinajstić information content (AvgIpc) is 2.71. The van der Waals surface area contributed by atoms with Crippen LogP contribution in [0.15, 0.2) is 59.4 Å². The minimum absolute atomic E-state index is 0.0140. The molecule has 1 heterocycles. The first kappa shape index (κ1) is 20.3. The Morgan fingerprint density at radius 1 is 1.10 bits per heavy atom. The van der Waals surface area contributed by atoms with E-state index in [0.29, 0.717) is 16.6 Å². The van der Waals surface area contributed by atoms with E-state index in [1.165, 1.54) is 6.07 Å². The summed E-state index contributed by atoms with van der Waals surface area (Å²) in [6, 6.07) is 14.6. The molecule has 2 aromatic carbocycles. The number of carbonyl (C=O) groups is 2. The number of carboxylic acids is 1. The van der Waals surface area contributed by atoms with Gasteiger partial charge in [0.05, 0.1) is 0 Å². The zero-order chi connectivity index (χ0) is 20.8. The standard InChI is InChI=1S/C23H24N2O4/c1-2-3-6-15-9-11-16(12-10-15)22(27)25-20(23(28)29)13-17-14-21(26)24-19-8-5-4-7-18(17)19/h4-5,7-12,14,20H,2-3,6,13H2,1H3,(H,24,26)(H,25,27)(H,28,29). The number of para-hydroxylation sites is 1. The average molecular weight is 392 g/mol. The van der Waals surface area contributed by atoms with Crippen LogP contribution in [-0.2, 0) is 17.6 Å². The van der Waals surface area contributed by atoms with Gasteiger partial charge in [0.1, 0.15) is 6.04 Å². The molecule has 29 heavy (non-hydrogen) atoms. The first-order chi connectivity index (χ1) is 14.0. The molecule has 0 aliphatic heterocycles. The summed E-state index contributed by atoms with van der Waals surface area (Å²) in [5.41, 5.74) is 2.46. The van der Waals surface area contributed by atoms with Crippen molar-refractivity contribution in [2.24, 2.45) is 0 Å². The molecule has 6 nitrogen and oxygen atoms in total. The summed E-state index contributed by atoms with van der Waals surface area (Å²) in [7, 11) is 0. The van der Waals surface area contributed by atoms with Gasteiger partial charge in [-0.1, -0.05) is 43.7 Å². The van der Waals surface area contributed by atoms with Gasteiger partial charge in [0.25, 0.3) is 5.91 Å². The molecule has 3 N–H and O–H groups in total. The summed E-state index contributed by atoms with van der Waals surface area (Å²) in [6.45, 7) is 2.12. The number of aromatic amines is 1. The van der Waals surface area contributed by atoms with Crippen molar-refractivity contribution in [2.75, 3.05) is 0 Å².